The van der Waals surface area contributed by atoms with Crippen LogP contribution in [0.1, 0.15) is 5.56 Å². The molecule has 0 amide bonds. The van der Waals surface area contributed by atoms with Crippen molar-refractivity contribution < 1.29 is 13.1 Å². The molecule has 100 valence electrons. The predicted octanol–water partition coefficient (Wildman–Crippen LogP) is 2.60. The minimum atomic E-state index is -3.76. The van der Waals surface area contributed by atoms with E-state index in [-0.39, 0.29) is 15.8 Å². The topological polar surface area (TPSA) is 61.1 Å². The van der Waals surface area contributed by atoms with Crippen LogP contribution in [0.25, 0.3) is 0 Å². The summed E-state index contributed by atoms with van der Waals surface area (Å²) in [7, 11) is -3.76. The van der Waals surface area contributed by atoms with Crippen molar-refractivity contribution in [2.75, 3.05) is 0 Å². The molecule has 0 aliphatic rings. The number of hydrogen-bond acceptors (Lipinski definition) is 3. The van der Waals surface area contributed by atoms with Crippen molar-refractivity contribution in [3.63, 3.8) is 0 Å². The normalized spacial score (nSPS) is 11.5. The minimum Gasteiger partial charge on any atom is -0.618 e. The van der Waals surface area contributed by atoms with Gasteiger partial charge in [-0.15, -0.1) is 0 Å². The lowest BCUT2D eigenvalue weighted by molar-refractivity contribution is -0.646. The number of hydrogen-bond donors (Lipinski definition) is 0. The van der Waals surface area contributed by atoms with Crippen molar-refractivity contribution in [3.8, 4) is 0 Å². The first kappa shape index (κ1) is 14.1. The van der Waals surface area contributed by atoms with Gasteiger partial charge in [0.1, 0.15) is 0 Å². The van der Waals surface area contributed by atoms with E-state index < -0.39 is 9.84 Å². The van der Waals surface area contributed by atoms with Crippen molar-refractivity contribution in [2.45, 2.75) is 10.8 Å². The molecule has 7 heteroatoms. The molecule has 0 N–H and O–H groups in total. The molecule has 0 radical (unpaired) electrons. The molecule has 1 aromatic carbocycles. The Morgan fingerprint density at radius 3 is 2.53 bits per heavy atom. The molecular formula is C12H9Cl2NO3S. The molecule has 1 aromatic heterocycles. The van der Waals surface area contributed by atoms with E-state index in [0.717, 1.165) is 6.20 Å². The smallest absolute Gasteiger partial charge is 0.308 e. The minimum absolute atomic E-state index is 0.254. The van der Waals surface area contributed by atoms with Gasteiger partial charge in [-0.2, -0.15) is 4.73 Å². The lowest BCUT2D eigenvalue weighted by atomic mass is 10.2. The van der Waals surface area contributed by atoms with Crippen LogP contribution >= 0.6 is 23.2 Å². The summed E-state index contributed by atoms with van der Waals surface area (Å²) in [6.45, 7) is 0. The van der Waals surface area contributed by atoms with Crippen LogP contribution in [0.15, 0.2) is 47.6 Å². The van der Waals surface area contributed by atoms with Gasteiger partial charge in [-0.25, -0.2) is 8.42 Å². The average molecular weight is 318 g/mol. The summed E-state index contributed by atoms with van der Waals surface area (Å²) in [6, 6.07) is 8.75. The third-order valence-corrected chi connectivity index (χ3v) is 4.70. The molecule has 2 rings (SSSR count). The number of pyridine rings is 1. The van der Waals surface area contributed by atoms with Crippen LogP contribution in [0.3, 0.4) is 0 Å². The molecule has 0 unspecified atom stereocenters. The van der Waals surface area contributed by atoms with E-state index in [2.05, 4.69) is 0 Å². The fourth-order valence-corrected chi connectivity index (χ4v) is 3.56. The number of benzene rings is 1. The molecule has 0 spiro atoms. The van der Waals surface area contributed by atoms with Crippen molar-refractivity contribution >= 4 is 33.0 Å². The number of sulfone groups is 1. The Morgan fingerprint density at radius 2 is 1.89 bits per heavy atom. The van der Waals surface area contributed by atoms with Gasteiger partial charge in [0, 0.05) is 22.2 Å². The average Bonchev–Trinajstić information content (AvgIpc) is 2.33. The van der Waals surface area contributed by atoms with E-state index in [1.54, 1.807) is 6.07 Å². The van der Waals surface area contributed by atoms with E-state index in [4.69, 9.17) is 23.2 Å². The van der Waals surface area contributed by atoms with Crippen LogP contribution in [0.5, 0.6) is 0 Å². The zero-order valence-corrected chi connectivity index (χ0v) is 11.9. The fraction of sp³-hybridized carbons (Fsp3) is 0.0833. The Labute approximate surface area is 120 Å². The molecule has 0 atom stereocenters. The first-order chi connectivity index (χ1) is 8.90. The van der Waals surface area contributed by atoms with Crippen LogP contribution in [0, 0.1) is 5.21 Å². The highest BCUT2D eigenvalue weighted by molar-refractivity contribution is 7.90. The number of nitrogens with zero attached hydrogens (tertiary/aromatic N) is 1. The summed E-state index contributed by atoms with van der Waals surface area (Å²) in [5.74, 6) is -0.352. The summed E-state index contributed by atoms with van der Waals surface area (Å²) in [4.78, 5) is 0. The van der Waals surface area contributed by atoms with Gasteiger partial charge in [0.25, 0.3) is 0 Å². The molecule has 0 fully saturated rings. The van der Waals surface area contributed by atoms with Crippen LogP contribution in [0.4, 0.5) is 0 Å². The quantitative estimate of drug-likeness (QED) is 0.645. The van der Waals surface area contributed by atoms with Crippen LogP contribution in [-0.2, 0) is 15.6 Å². The summed E-state index contributed by atoms with van der Waals surface area (Å²) < 4.78 is 24.6. The Bertz CT molecular complexity index is 717. The highest BCUT2D eigenvalue weighted by Gasteiger charge is 2.24. The van der Waals surface area contributed by atoms with E-state index in [0.29, 0.717) is 15.3 Å². The maximum absolute atomic E-state index is 12.1. The van der Waals surface area contributed by atoms with Crippen molar-refractivity contribution in [1.82, 2.24) is 0 Å². The van der Waals surface area contributed by atoms with Crippen molar-refractivity contribution in [1.29, 1.82) is 0 Å². The third-order valence-electron chi connectivity index (χ3n) is 2.47. The van der Waals surface area contributed by atoms with Gasteiger partial charge >= 0.3 is 5.03 Å². The van der Waals surface area contributed by atoms with Gasteiger partial charge in [0.15, 0.2) is 6.20 Å². The second-order valence-corrected chi connectivity index (χ2v) is 6.64. The van der Waals surface area contributed by atoms with Crippen LogP contribution in [0.2, 0.25) is 10.0 Å². The van der Waals surface area contributed by atoms with Gasteiger partial charge in [-0.1, -0.05) is 29.3 Å². The summed E-state index contributed by atoms with van der Waals surface area (Å²) in [6.07, 6.45) is 1.14. The predicted molar refractivity (Wildman–Crippen MR) is 72.8 cm³/mol. The van der Waals surface area contributed by atoms with E-state index in [1.807, 2.05) is 0 Å². The lowest BCUT2D eigenvalue weighted by Crippen LogP contribution is -2.33. The summed E-state index contributed by atoms with van der Waals surface area (Å²) in [5, 5.41) is 11.8. The molecule has 0 aliphatic heterocycles. The SMILES string of the molecule is O=S(=O)(Cc1ccc(Cl)cc1Cl)c1cccc[n+]1[O-]. The van der Waals surface area contributed by atoms with E-state index in [1.165, 1.54) is 30.3 Å². The van der Waals surface area contributed by atoms with Crippen molar-refractivity contribution in [2.24, 2.45) is 0 Å². The number of rotatable bonds is 3. The summed E-state index contributed by atoms with van der Waals surface area (Å²) in [5.41, 5.74) is 0.398. The number of aromatic nitrogens is 1. The maximum atomic E-state index is 12.1. The fourth-order valence-electron chi connectivity index (χ4n) is 1.57. The monoisotopic (exact) mass is 317 g/mol. The van der Waals surface area contributed by atoms with E-state index in [9.17, 15) is 13.6 Å². The maximum Gasteiger partial charge on any atom is 0.308 e. The molecule has 4 nitrogen and oxygen atoms in total. The standard InChI is InChI=1S/C12H9Cl2NO3S/c13-10-5-4-9(11(14)7-10)8-19(17,18)12-3-1-2-6-15(12)16/h1-7H,8H2. The van der Waals surface area contributed by atoms with Gasteiger partial charge in [0.2, 0.25) is 9.84 Å². The molecule has 0 saturated carbocycles. The van der Waals surface area contributed by atoms with Crippen LogP contribution in [-0.4, -0.2) is 8.42 Å². The van der Waals surface area contributed by atoms with Gasteiger partial charge in [0.05, 0.1) is 5.75 Å². The van der Waals surface area contributed by atoms with E-state index >= 15 is 0 Å². The Hall–Kier alpha value is -1.30. The molecule has 19 heavy (non-hydrogen) atoms. The molecule has 0 bridgehead atoms. The Kier molecular flexibility index (Phi) is 3.99. The molecule has 1 heterocycles. The Balaban J connectivity index is 2.40. The first-order valence-electron chi connectivity index (χ1n) is 5.25. The second-order valence-electron chi connectivity index (χ2n) is 3.86. The molecule has 0 saturated heterocycles. The lowest BCUT2D eigenvalue weighted by Gasteiger charge is -2.07. The second kappa shape index (κ2) is 5.36. The van der Waals surface area contributed by atoms with Gasteiger partial charge in [-0.3, -0.25) is 0 Å². The third kappa shape index (κ3) is 3.18. The first-order valence-corrected chi connectivity index (χ1v) is 7.66. The number of halogens is 2. The zero-order chi connectivity index (χ0) is 14.0. The summed E-state index contributed by atoms with van der Waals surface area (Å²) >= 11 is 11.7. The van der Waals surface area contributed by atoms with Gasteiger partial charge < -0.3 is 5.21 Å². The highest BCUT2D eigenvalue weighted by Crippen LogP contribution is 2.24. The molecule has 2 aromatic rings. The largest absolute Gasteiger partial charge is 0.618 e. The van der Waals surface area contributed by atoms with Crippen molar-refractivity contribution in [3.05, 3.63) is 63.4 Å². The zero-order valence-electron chi connectivity index (χ0n) is 9.58. The molecule has 0 aliphatic carbocycles. The molecular weight excluding hydrogens is 309 g/mol. The van der Waals surface area contributed by atoms with Crippen LogP contribution < -0.4 is 4.73 Å². The van der Waals surface area contributed by atoms with Gasteiger partial charge in [-0.05, 0) is 23.8 Å². The Morgan fingerprint density at radius 1 is 1.16 bits per heavy atom. The highest BCUT2D eigenvalue weighted by atomic mass is 35.5.